The third kappa shape index (κ3) is 4.67. The zero-order valence-electron chi connectivity index (χ0n) is 17.6. The lowest BCUT2D eigenvalue weighted by Gasteiger charge is -2.31. The van der Waals surface area contributed by atoms with Crippen molar-refractivity contribution in [3.63, 3.8) is 0 Å². The predicted octanol–water partition coefficient (Wildman–Crippen LogP) is 5.62. The van der Waals surface area contributed by atoms with Crippen LogP contribution in [-0.4, -0.2) is 23.9 Å². The summed E-state index contributed by atoms with van der Waals surface area (Å²) in [6.45, 7) is 0.872. The van der Waals surface area contributed by atoms with Gasteiger partial charge in [-0.1, -0.05) is 30.3 Å². The van der Waals surface area contributed by atoms with Gasteiger partial charge in [-0.2, -0.15) is 0 Å². The molecule has 0 aliphatic carbocycles. The second-order valence-electron chi connectivity index (χ2n) is 8.09. The highest BCUT2D eigenvalue weighted by molar-refractivity contribution is 5.53. The molecule has 1 heterocycles. The fraction of sp³-hybridized carbons (Fsp3) is 0.308. The van der Waals surface area contributed by atoms with Gasteiger partial charge in [0.15, 0.2) is 0 Å². The molecule has 4 nitrogen and oxygen atoms in total. The van der Waals surface area contributed by atoms with E-state index in [0.29, 0.717) is 12.2 Å². The Morgan fingerprint density at radius 1 is 1.06 bits per heavy atom. The van der Waals surface area contributed by atoms with Crippen molar-refractivity contribution in [2.75, 3.05) is 18.6 Å². The number of methoxy groups -OCH3 is 1. The molecular weight excluding hydrogens is 393 g/mol. The minimum absolute atomic E-state index is 0.00581. The number of hydrogen-bond donors (Lipinski definition) is 2. The lowest BCUT2D eigenvalue weighted by Crippen LogP contribution is -2.25. The Hall–Kier alpha value is -3.05. The van der Waals surface area contributed by atoms with Crippen molar-refractivity contribution in [1.82, 2.24) is 0 Å². The number of rotatable bonds is 7. The zero-order chi connectivity index (χ0) is 21.8. The highest BCUT2D eigenvalue weighted by Crippen LogP contribution is 2.46. The standard InChI is InChI=1S/C26H28FNO3/c1-31-22-12-13-23(25(30)17-22)26-19(15-16-28(26)21-5-3-2-4-6-21)9-14-24(29)18-7-10-20(27)11-8-18/h2-8,10-13,17,19,24,26,29-30H,9,14-16H2,1H3/t19-,24+,26+/m1/s1. The summed E-state index contributed by atoms with van der Waals surface area (Å²) < 4.78 is 18.5. The van der Waals surface area contributed by atoms with Gasteiger partial charge in [0, 0.05) is 23.9 Å². The maximum atomic E-state index is 13.2. The number of aliphatic hydroxyl groups is 1. The molecule has 4 rings (SSSR count). The average molecular weight is 422 g/mol. The van der Waals surface area contributed by atoms with Crippen LogP contribution in [0.4, 0.5) is 10.1 Å². The van der Waals surface area contributed by atoms with Gasteiger partial charge in [0.05, 0.1) is 19.3 Å². The first kappa shape index (κ1) is 21.2. The maximum absolute atomic E-state index is 13.2. The fourth-order valence-electron chi connectivity index (χ4n) is 4.61. The molecular formula is C26H28FNO3. The molecule has 5 heteroatoms. The van der Waals surface area contributed by atoms with E-state index in [1.165, 1.54) is 12.1 Å². The summed E-state index contributed by atoms with van der Waals surface area (Å²) in [7, 11) is 1.58. The van der Waals surface area contributed by atoms with Crippen LogP contribution in [0.15, 0.2) is 72.8 Å². The Bertz CT molecular complexity index is 993. The Labute approximate surface area is 182 Å². The predicted molar refractivity (Wildman–Crippen MR) is 120 cm³/mol. The molecule has 3 aromatic rings. The van der Waals surface area contributed by atoms with Crippen LogP contribution in [0.3, 0.4) is 0 Å². The van der Waals surface area contributed by atoms with Gasteiger partial charge < -0.3 is 19.8 Å². The van der Waals surface area contributed by atoms with Gasteiger partial charge in [-0.15, -0.1) is 0 Å². The SMILES string of the molecule is COc1ccc([C@@H]2[C@H](CC[C@H](O)c3ccc(F)cc3)CCN2c2ccccc2)c(O)c1. The third-order valence-corrected chi connectivity index (χ3v) is 6.23. The lowest BCUT2D eigenvalue weighted by atomic mass is 9.87. The Morgan fingerprint density at radius 2 is 1.81 bits per heavy atom. The molecule has 0 spiro atoms. The minimum atomic E-state index is -0.642. The van der Waals surface area contributed by atoms with Crippen LogP contribution in [0.5, 0.6) is 11.5 Å². The highest BCUT2D eigenvalue weighted by atomic mass is 19.1. The fourth-order valence-corrected chi connectivity index (χ4v) is 4.61. The van der Waals surface area contributed by atoms with Gasteiger partial charge in [-0.05, 0) is 67.1 Å². The first-order chi connectivity index (χ1) is 15.1. The van der Waals surface area contributed by atoms with Crippen LogP contribution in [0.2, 0.25) is 0 Å². The Kier molecular flexibility index (Phi) is 6.42. The van der Waals surface area contributed by atoms with Crippen molar-refractivity contribution < 1.29 is 19.3 Å². The van der Waals surface area contributed by atoms with Crippen LogP contribution in [0, 0.1) is 11.7 Å². The summed E-state index contributed by atoms with van der Waals surface area (Å²) in [5.74, 6) is 0.792. The summed E-state index contributed by atoms with van der Waals surface area (Å²) in [5.41, 5.74) is 2.70. The number of benzene rings is 3. The van der Waals surface area contributed by atoms with Crippen molar-refractivity contribution >= 4 is 5.69 Å². The van der Waals surface area contributed by atoms with E-state index in [2.05, 4.69) is 17.0 Å². The number of ether oxygens (including phenoxy) is 1. The van der Waals surface area contributed by atoms with Gasteiger partial charge in [0.1, 0.15) is 17.3 Å². The Balaban J connectivity index is 1.58. The van der Waals surface area contributed by atoms with Crippen molar-refractivity contribution in [3.8, 4) is 11.5 Å². The summed E-state index contributed by atoms with van der Waals surface area (Å²) in [6, 6.07) is 21.7. The number of aromatic hydroxyl groups is 1. The number of anilines is 1. The molecule has 3 aromatic carbocycles. The molecule has 31 heavy (non-hydrogen) atoms. The second kappa shape index (κ2) is 9.40. The Morgan fingerprint density at radius 3 is 2.48 bits per heavy atom. The van der Waals surface area contributed by atoms with E-state index < -0.39 is 6.10 Å². The normalized spacial score (nSPS) is 19.4. The molecule has 1 saturated heterocycles. The number of hydrogen-bond acceptors (Lipinski definition) is 4. The molecule has 0 amide bonds. The first-order valence-corrected chi connectivity index (χ1v) is 10.7. The van der Waals surface area contributed by atoms with E-state index in [9.17, 15) is 14.6 Å². The number of halogens is 1. The van der Waals surface area contributed by atoms with E-state index in [1.54, 1.807) is 25.3 Å². The van der Waals surface area contributed by atoms with Gasteiger partial charge in [-0.25, -0.2) is 4.39 Å². The average Bonchev–Trinajstić information content (AvgIpc) is 3.22. The molecule has 1 fully saturated rings. The lowest BCUT2D eigenvalue weighted by molar-refractivity contribution is 0.155. The minimum Gasteiger partial charge on any atom is -0.507 e. The van der Waals surface area contributed by atoms with Crippen molar-refractivity contribution in [2.24, 2.45) is 5.92 Å². The molecule has 3 atom stereocenters. The summed E-state index contributed by atoms with van der Waals surface area (Å²) >= 11 is 0. The number of aliphatic hydroxyl groups excluding tert-OH is 1. The molecule has 2 N–H and O–H groups in total. The highest BCUT2D eigenvalue weighted by Gasteiger charge is 2.37. The number of nitrogens with zero attached hydrogens (tertiary/aromatic N) is 1. The van der Waals surface area contributed by atoms with Crippen LogP contribution < -0.4 is 9.64 Å². The maximum Gasteiger partial charge on any atom is 0.124 e. The van der Waals surface area contributed by atoms with E-state index in [4.69, 9.17) is 4.74 Å². The molecule has 0 unspecified atom stereocenters. The van der Waals surface area contributed by atoms with Crippen molar-refractivity contribution in [1.29, 1.82) is 0 Å². The van der Waals surface area contributed by atoms with E-state index >= 15 is 0 Å². The van der Waals surface area contributed by atoms with Gasteiger partial charge in [0.2, 0.25) is 0 Å². The van der Waals surface area contributed by atoms with Gasteiger partial charge in [0.25, 0.3) is 0 Å². The van der Waals surface area contributed by atoms with E-state index in [0.717, 1.165) is 36.2 Å². The first-order valence-electron chi connectivity index (χ1n) is 10.7. The topological polar surface area (TPSA) is 52.9 Å². The number of phenolic OH excluding ortho intramolecular Hbond substituents is 1. The van der Waals surface area contributed by atoms with Crippen LogP contribution >= 0.6 is 0 Å². The van der Waals surface area contributed by atoms with E-state index in [-0.39, 0.29) is 23.5 Å². The molecule has 1 aliphatic heterocycles. The van der Waals surface area contributed by atoms with Crippen LogP contribution in [0.25, 0.3) is 0 Å². The zero-order valence-corrected chi connectivity index (χ0v) is 17.6. The molecule has 0 aromatic heterocycles. The van der Waals surface area contributed by atoms with Crippen LogP contribution in [0.1, 0.15) is 42.5 Å². The van der Waals surface area contributed by atoms with Crippen molar-refractivity contribution in [2.45, 2.75) is 31.4 Å². The second-order valence-corrected chi connectivity index (χ2v) is 8.09. The summed E-state index contributed by atoms with van der Waals surface area (Å²) in [6.07, 6.45) is 1.68. The summed E-state index contributed by atoms with van der Waals surface area (Å²) in [4.78, 5) is 2.33. The molecule has 0 bridgehead atoms. The quantitative estimate of drug-likeness (QED) is 0.520. The van der Waals surface area contributed by atoms with Crippen molar-refractivity contribution in [3.05, 3.63) is 89.7 Å². The van der Waals surface area contributed by atoms with Crippen LogP contribution in [-0.2, 0) is 0 Å². The van der Waals surface area contributed by atoms with Gasteiger partial charge >= 0.3 is 0 Å². The number of para-hydroxylation sites is 1. The molecule has 0 radical (unpaired) electrons. The largest absolute Gasteiger partial charge is 0.507 e. The third-order valence-electron chi connectivity index (χ3n) is 6.23. The smallest absolute Gasteiger partial charge is 0.124 e. The summed E-state index contributed by atoms with van der Waals surface area (Å²) in [5, 5.41) is 21.4. The van der Waals surface area contributed by atoms with E-state index in [1.807, 2.05) is 30.3 Å². The molecule has 162 valence electrons. The van der Waals surface area contributed by atoms with Gasteiger partial charge in [-0.3, -0.25) is 0 Å². The molecule has 1 aliphatic rings. The molecule has 0 saturated carbocycles. The number of phenols is 1. The monoisotopic (exact) mass is 421 g/mol.